The average Bonchev–Trinajstić information content (AvgIpc) is 3.24. The van der Waals surface area contributed by atoms with Crippen LogP contribution >= 0.6 is 0 Å². The largest absolute Gasteiger partial charge is 0.464 e. The lowest BCUT2D eigenvalue weighted by molar-refractivity contribution is -0.145. The van der Waals surface area contributed by atoms with Crippen molar-refractivity contribution >= 4 is 5.97 Å². The van der Waals surface area contributed by atoms with Gasteiger partial charge in [0, 0.05) is 0 Å². The zero-order valence-electron chi connectivity index (χ0n) is 12.6. The molecule has 0 spiro atoms. The summed E-state index contributed by atoms with van der Waals surface area (Å²) < 4.78 is 10.7. The second-order valence-corrected chi connectivity index (χ2v) is 5.39. The van der Waals surface area contributed by atoms with Gasteiger partial charge in [-0.25, -0.2) is 4.79 Å². The summed E-state index contributed by atoms with van der Waals surface area (Å²) in [6.45, 7) is 6.88. The van der Waals surface area contributed by atoms with E-state index in [1.54, 1.807) is 0 Å². The van der Waals surface area contributed by atoms with Gasteiger partial charge in [-0.15, -0.1) is 0 Å². The Balaban J connectivity index is 1.86. The summed E-state index contributed by atoms with van der Waals surface area (Å²) in [6, 6.07) is 6.29. The lowest BCUT2D eigenvalue weighted by Gasteiger charge is -2.05. The van der Waals surface area contributed by atoms with E-state index in [-0.39, 0.29) is 12.1 Å². The molecule has 0 N–H and O–H groups in total. The van der Waals surface area contributed by atoms with E-state index in [1.807, 2.05) is 6.07 Å². The molecule has 1 aromatic carbocycles. The van der Waals surface area contributed by atoms with Gasteiger partial charge in [0.2, 0.25) is 0 Å². The van der Waals surface area contributed by atoms with Crippen LogP contribution in [0.4, 0.5) is 0 Å². The second kappa shape index (κ2) is 6.89. The predicted molar refractivity (Wildman–Crippen MR) is 78.7 cm³/mol. The smallest absolute Gasteiger partial charge is 0.338 e. The number of rotatable bonds is 7. The molecular formula is C17H24O3. The average molecular weight is 276 g/mol. The molecule has 0 bridgehead atoms. The van der Waals surface area contributed by atoms with Crippen LogP contribution in [0.15, 0.2) is 18.2 Å². The molecule has 1 fully saturated rings. The molecule has 0 aliphatic carbocycles. The topological polar surface area (TPSA) is 38.8 Å². The monoisotopic (exact) mass is 276 g/mol. The summed E-state index contributed by atoms with van der Waals surface area (Å²) >= 11 is 0. The van der Waals surface area contributed by atoms with E-state index in [9.17, 15) is 4.79 Å². The Morgan fingerprint density at radius 2 is 2.10 bits per heavy atom. The van der Waals surface area contributed by atoms with E-state index in [0.717, 1.165) is 31.2 Å². The zero-order chi connectivity index (χ0) is 14.5. The van der Waals surface area contributed by atoms with Crippen LogP contribution in [0.3, 0.4) is 0 Å². The molecule has 110 valence electrons. The Morgan fingerprint density at radius 3 is 2.80 bits per heavy atom. The third-order valence-corrected chi connectivity index (χ3v) is 3.80. The molecule has 0 amide bonds. The molecule has 1 saturated heterocycles. The first-order valence-corrected chi connectivity index (χ1v) is 7.58. The van der Waals surface area contributed by atoms with Crippen LogP contribution in [0.25, 0.3) is 0 Å². The van der Waals surface area contributed by atoms with Gasteiger partial charge in [0.05, 0.1) is 6.61 Å². The van der Waals surface area contributed by atoms with Crippen LogP contribution in [0.1, 0.15) is 55.9 Å². The van der Waals surface area contributed by atoms with Crippen LogP contribution in [-0.4, -0.2) is 18.7 Å². The third kappa shape index (κ3) is 3.60. The maximum atomic E-state index is 11.8. The van der Waals surface area contributed by atoms with E-state index in [4.69, 9.17) is 9.47 Å². The lowest BCUT2D eigenvalue weighted by Crippen LogP contribution is -2.13. The van der Waals surface area contributed by atoms with Gasteiger partial charge in [0.1, 0.15) is 6.10 Å². The fraction of sp³-hybridized carbons (Fsp3) is 0.588. The molecule has 1 aliphatic rings. The summed E-state index contributed by atoms with van der Waals surface area (Å²) in [5.74, 6) is -0.218. The number of hydrogen-bond donors (Lipinski definition) is 0. The van der Waals surface area contributed by atoms with Crippen LogP contribution in [-0.2, 0) is 20.7 Å². The van der Waals surface area contributed by atoms with Crippen LogP contribution in [0.2, 0.25) is 0 Å². The highest BCUT2D eigenvalue weighted by Crippen LogP contribution is 2.40. The first kappa shape index (κ1) is 15.0. The second-order valence-electron chi connectivity index (χ2n) is 5.39. The third-order valence-electron chi connectivity index (χ3n) is 3.80. The fourth-order valence-electron chi connectivity index (χ4n) is 2.40. The van der Waals surface area contributed by atoms with Crippen molar-refractivity contribution in [2.45, 2.75) is 58.7 Å². The van der Waals surface area contributed by atoms with Gasteiger partial charge >= 0.3 is 5.97 Å². The SMILES string of the molecule is CCCCCOC(=O)C1OC1c1ccc(C)c(CC)c1. The van der Waals surface area contributed by atoms with E-state index in [2.05, 4.69) is 32.9 Å². The highest BCUT2D eigenvalue weighted by atomic mass is 16.6. The van der Waals surface area contributed by atoms with Crippen molar-refractivity contribution in [1.82, 2.24) is 0 Å². The molecule has 2 atom stereocenters. The first-order chi connectivity index (χ1) is 9.67. The van der Waals surface area contributed by atoms with Gasteiger partial charge in [-0.2, -0.15) is 0 Å². The van der Waals surface area contributed by atoms with Gasteiger partial charge in [-0.3, -0.25) is 0 Å². The van der Waals surface area contributed by atoms with Gasteiger partial charge in [0.25, 0.3) is 0 Å². The van der Waals surface area contributed by atoms with Gasteiger partial charge in [0.15, 0.2) is 6.10 Å². The number of ether oxygens (including phenoxy) is 2. The normalized spacial score (nSPS) is 20.8. The lowest BCUT2D eigenvalue weighted by atomic mass is 10.0. The Morgan fingerprint density at radius 1 is 1.30 bits per heavy atom. The highest BCUT2D eigenvalue weighted by molar-refractivity contribution is 5.78. The van der Waals surface area contributed by atoms with Crippen molar-refractivity contribution in [3.8, 4) is 0 Å². The Hall–Kier alpha value is -1.35. The maximum absolute atomic E-state index is 11.8. The number of aryl methyl sites for hydroxylation is 2. The maximum Gasteiger partial charge on any atom is 0.338 e. The molecule has 1 heterocycles. The Kier molecular flexibility index (Phi) is 5.18. The number of carbonyl (C=O) groups excluding carboxylic acids is 1. The predicted octanol–water partition coefficient (Wildman–Crippen LogP) is 3.73. The van der Waals surface area contributed by atoms with E-state index >= 15 is 0 Å². The van der Waals surface area contributed by atoms with E-state index in [1.165, 1.54) is 11.1 Å². The zero-order valence-corrected chi connectivity index (χ0v) is 12.6. The summed E-state index contributed by atoms with van der Waals surface area (Å²) in [7, 11) is 0. The van der Waals surface area contributed by atoms with E-state index in [0.29, 0.717) is 6.61 Å². The first-order valence-electron chi connectivity index (χ1n) is 7.58. The number of benzene rings is 1. The molecule has 3 heteroatoms. The minimum Gasteiger partial charge on any atom is -0.464 e. The molecule has 0 aromatic heterocycles. The minimum atomic E-state index is -0.399. The number of epoxide rings is 1. The molecular weight excluding hydrogens is 252 g/mol. The van der Waals surface area contributed by atoms with Crippen molar-refractivity contribution in [3.05, 3.63) is 34.9 Å². The van der Waals surface area contributed by atoms with Crippen LogP contribution < -0.4 is 0 Å². The number of carbonyl (C=O) groups is 1. The highest BCUT2D eigenvalue weighted by Gasteiger charge is 2.47. The van der Waals surface area contributed by atoms with Gasteiger partial charge in [-0.05, 0) is 36.5 Å². The fourth-order valence-corrected chi connectivity index (χ4v) is 2.40. The van der Waals surface area contributed by atoms with Crippen molar-refractivity contribution in [3.63, 3.8) is 0 Å². The summed E-state index contributed by atoms with van der Waals surface area (Å²) in [5.41, 5.74) is 3.69. The summed E-state index contributed by atoms with van der Waals surface area (Å²) in [5, 5.41) is 0. The van der Waals surface area contributed by atoms with Crippen LogP contribution in [0.5, 0.6) is 0 Å². The summed E-state index contributed by atoms with van der Waals surface area (Å²) in [4.78, 5) is 11.8. The molecule has 0 saturated carbocycles. The number of unbranched alkanes of at least 4 members (excludes halogenated alkanes) is 2. The Labute approximate surface area is 121 Å². The van der Waals surface area contributed by atoms with Crippen molar-refractivity contribution in [1.29, 1.82) is 0 Å². The molecule has 20 heavy (non-hydrogen) atoms. The number of esters is 1. The Bertz CT molecular complexity index is 467. The molecule has 2 unspecified atom stereocenters. The van der Waals surface area contributed by atoms with Crippen molar-refractivity contribution in [2.24, 2.45) is 0 Å². The van der Waals surface area contributed by atoms with Gasteiger partial charge < -0.3 is 9.47 Å². The molecule has 2 rings (SSSR count). The van der Waals surface area contributed by atoms with Crippen molar-refractivity contribution < 1.29 is 14.3 Å². The standard InChI is InChI=1S/C17H24O3/c1-4-6-7-10-19-17(18)16-15(20-16)14-9-8-12(3)13(5-2)11-14/h8-9,11,15-16H,4-7,10H2,1-3H3. The van der Waals surface area contributed by atoms with Gasteiger partial charge in [-0.1, -0.05) is 44.9 Å². The van der Waals surface area contributed by atoms with E-state index < -0.39 is 6.10 Å². The molecule has 3 nitrogen and oxygen atoms in total. The quantitative estimate of drug-likeness (QED) is 0.433. The van der Waals surface area contributed by atoms with Crippen molar-refractivity contribution in [2.75, 3.05) is 6.61 Å². The van der Waals surface area contributed by atoms with Crippen LogP contribution in [0, 0.1) is 6.92 Å². The molecule has 1 aromatic rings. The number of hydrogen-bond acceptors (Lipinski definition) is 3. The molecule has 1 aliphatic heterocycles. The minimum absolute atomic E-state index is 0.112. The molecule has 0 radical (unpaired) electrons. The summed E-state index contributed by atoms with van der Waals surface area (Å²) in [6.07, 6.45) is 3.65.